The minimum atomic E-state index is -0.0721. The van der Waals surface area contributed by atoms with Gasteiger partial charge < -0.3 is 4.90 Å². The van der Waals surface area contributed by atoms with E-state index in [4.69, 9.17) is 0 Å². The highest BCUT2D eigenvalue weighted by atomic mass is 15.1. The molecule has 0 radical (unpaired) electrons. The van der Waals surface area contributed by atoms with Crippen LogP contribution in [0.4, 0.5) is 17.1 Å². The Hall–Kier alpha value is -5.40. The van der Waals surface area contributed by atoms with Gasteiger partial charge in [-0.2, -0.15) is 0 Å². The smallest absolute Gasteiger partial charge is 0.0540 e. The van der Waals surface area contributed by atoms with E-state index in [0.29, 0.717) is 0 Å². The van der Waals surface area contributed by atoms with Crippen LogP contribution in [-0.2, 0) is 5.41 Å². The summed E-state index contributed by atoms with van der Waals surface area (Å²) in [5.74, 6) is 0. The highest BCUT2D eigenvalue weighted by Crippen LogP contribution is 2.52. The van der Waals surface area contributed by atoms with Crippen molar-refractivity contribution in [2.75, 3.05) is 4.90 Å². The van der Waals surface area contributed by atoms with Gasteiger partial charge in [-0.25, -0.2) is 0 Å². The van der Waals surface area contributed by atoms with Crippen molar-refractivity contribution in [3.63, 3.8) is 0 Å². The number of benzene rings is 7. The highest BCUT2D eigenvalue weighted by molar-refractivity contribution is 6.04. The van der Waals surface area contributed by atoms with Gasteiger partial charge in [0.05, 0.1) is 11.4 Å². The summed E-state index contributed by atoms with van der Waals surface area (Å²) in [4.78, 5) is 2.45. The third kappa shape index (κ3) is 4.16. The van der Waals surface area contributed by atoms with Crippen LogP contribution in [0.2, 0.25) is 0 Å². The van der Waals surface area contributed by atoms with Crippen LogP contribution in [0.1, 0.15) is 25.0 Å². The number of hydrogen-bond donors (Lipinski definition) is 0. The van der Waals surface area contributed by atoms with Crippen molar-refractivity contribution in [3.05, 3.63) is 175 Å². The first-order valence-corrected chi connectivity index (χ1v) is 15.4. The molecular weight excluding hydrogens is 530 g/mol. The van der Waals surface area contributed by atoms with E-state index in [1.54, 1.807) is 0 Å². The van der Waals surface area contributed by atoms with Gasteiger partial charge >= 0.3 is 0 Å². The lowest BCUT2D eigenvalue weighted by atomic mass is 9.82. The standard InChI is InChI=1S/C43H33N/c1-43(2)39-25-13-11-23-35(39)38-28-31-18-15-27-42(37(31)29-40(38)43)44(32-19-7-4-8-20-32)41-26-14-12-24-36(41)34-22-10-9-21-33(34)30-16-5-3-6-17-30/h3-29H,1-2H3. The molecule has 8 rings (SSSR count). The second-order valence-electron chi connectivity index (χ2n) is 12.2. The maximum absolute atomic E-state index is 2.45. The molecule has 1 aliphatic rings. The molecule has 0 atom stereocenters. The second kappa shape index (κ2) is 10.4. The molecular formula is C43H33N. The lowest BCUT2D eigenvalue weighted by molar-refractivity contribution is 0.661. The minimum absolute atomic E-state index is 0.0721. The van der Waals surface area contributed by atoms with Gasteiger partial charge in [-0.05, 0) is 80.7 Å². The molecule has 1 heteroatoms. The molecule has 1 nitrogen and oxygen atoms in total. The van der Waals surface area contributed by atoms with Gasteiger partial charge in [0.2, 0.25) is 0 Å². The summed E-state index contributed by atoms with van der Waals surface area (Å²) in [6.45, 7) is 4.72. The number of rotatable bonds is 5. The molecule has 0 saturated heterocycles. The number of nitrogens with zero attached hydrogens (tertiary/aromatic N) is 1. The second-order valence-corrected chi connectivity index (χ2v) is 12.2. The summed E-state index contributed by atoms with van der Waals surface area (Å²) in [5, 5.41) is 2.50. The molecule has 1 aliphatic carbocycles. The van der Waals surface area contributed by atoms with Crippen molar-refractivity contribution in [1.29, 1.82) is 0 Å². The monoisotopic (exact) mass is 563 g/mol. The lowest BCUT2D eigenvalue weighted by Gasteiger charge is -2.30. The highest BCUT2D eigenvalue weighted by Gasteiger charge is 2.35. The maximum atomic E-state index is 2.45. The predicted octanol–water partition coefficient (Wildman–Crippen LogP) is 11.9. The van der Waals surface area contributed by atoms with Crippen LogP contribution >= 0.6 is 0 Å². The molecule has 0 bridgehead atoms. The van der Waals surface area contributed by atoms with Gasteiger partial charge in [-0.15, -0.1) is 0 Å². The Morgan fingerprint density at radius 1 is 0.409 bits per heavy atom. The normalized spacial score (nSPS) is 13.0. The molecule has 0 spiro atoms. The Labute approximate surface area is 259 Å². The van der Waals surface area contributed by atoms with E-state index in [9.17, 15) is 0 Å². The van der Waals surface area contributed by atoms with Crippen LogP contribution in [-0.4, -0.2) is 0 Å². The fraction of sp³-hybridized carbons (Fsp3) is 0.0698. The number of fused-ring (bicyclic) bond motifs is 4. The zero-order valence-corrected chi connectivity index (χ0v) is 25.0. The van der Waals surface area contributed by atoms with Crippen molar-refractivity contribution in [1.82, 2.24) is 0 Å². The molecule has 0 fully saturated rings. The van der Waals surface area contributed by atoms with Crippen molar-refractivity contribution in [2.45, 2.75) is 19.3 Å². The van der Waals surface area contributed by atoms with Crippen molar-refractivity contribution >= 4 is 27.8 Å². The predicted molar refractivity (Wildman–Crippen MR) is 187 cm³/mol. The summed E-state index contributed by atoms with van der Waals surface area (Å²) < 4.78 is 0. The van der Waals surface area contributed by atoms with Crippen LogP contribution in [0, 0.1) is 0 Å². The number of hydrogen-bond acceptors (Lipinski definition) is 1. The van der Waals surface area contributed by atoms with E-state index in [0.717, 1.165) is 11.4 Å². The maximum Gasteiger partial charge on any atom is 0.0540 e. The topological polar surface area (TPSA) is 3.24 Å². The Morgan fingerprint density at radius 2 is 1.00 bits per heavy atom. The Morgan fingerprint density at radius 3 is 1.77 bits per heavy atom. The number of anilines is 3. The fourth-order valence-electron chi connectivity index (χ4n) is 7.12. The zero-order chi connectivity index (χ0) is 29.7. The van der Waals surface area contributed by atoms with Crippen LogP contribution < -0.4 is 4.90 Å². The fourth-order valence-corrected chi connectivity index (χ4v) is 7.12. The summed E-state index contributed by atoms with van der Waals surface area (Å²) >= 11 is 0. The van der Waals surface area contributed by atoms with Crippen LogP contribution in [0.15, 0.2) is 164 Å². The first kappa shape index (κ1) is 26.2. The van der Waals surface area contributed by atoms with Crippen LogP contribution in [0.3, 0.4) is 0 Å². The largest absolute Gasteiger partial charge is 0.309 e. The zero-order valence-electron chi connectivity index (χ0n) is 25.0. The van der Waals surface area contributed by atoms with Crippen molar-refractivity contribution in [3.8, 4) is 33.4 Å². The number of para-hydroxylation sites is 2. The third-order valence-corrected chi connectivity index (χ3v) is 9.26. The van der Waals surface area contributed by atoms with E-state index in [1.807, 2.05) is 0 Å². The Balaban J connectivity index is 1.39. The van der Waals surface area contributed by atoms with Crippen LogP contribution in [0.25, 0.3) is 44.2 Å². The summed E-state index contributed by atoms with van der Waals surface area (Å²) in [6, 6.07) is 59.5. The van der Waals surface area contributed by atoms with Gasteiger partial charge in [0.1, 0.15) is 0 Å². The molecule has 210 valence electrons. The molecule has 0 N–H and O–H groups in total. The third-order valence-electron chi connectivity index (χ3n) is 9.26. The molecule has 7 aromatic carbocycles. The van der Waals surface area contributed by atoms with E-state index in [1.165, 1.54) is 61.0 Å². The molecule has 0 heterocycles. The van der Waals surface area contributed by atoms with E-state index in [-0.39, 0.29) is 5.41 Å². The average Bonchev–Trinajstić information content (AvgIpc) is 3.31. The van der Waals surface area contributed by atoms with Crippen LogP contribution in [0.5, 0.6) is 0 Å². The summed E-state index contributed by atoms with van der Waals surface area (Å²) in [6.07, 6.45) is 0. The molecule has 0 unspecified atom stereocenters. The molecule has 0 aliphatic heterocycles. The first-order valence-electron chi connectivity index (χ1n) is 15.4. The molecule has 0 amide bonds. The quantitative estimate of drug-likeness (QED) is 0.201. The molecule has 0 saturated carbocycles. The summed E-state index contributed by atoms with van der Waals surface area (Å²) in [7, 11) is 0. The summed E-state index contributed by atoms with van der Waals surface area (Å²) in [5.41, 5.74) is 13.7. The Kier molecular flexibility index (Phi) is 6.20. The van der Waals surface area contributed by atoms with Gasteiger partial charge in [-0.1, -0.05) is 141 Å². The molecule has 7 aromatic rings. The Bertz CT molecular complexity index is 2140. The van der Waals surface area contributed by atoms with Crippen molar-refractivity contribution in [2.24, 2.45) is 0 Å². The van der Waals surface area contributed by atoms with Gasteiger partial charge in [0, 0.05) is 22.1 Å². The van der Waals surface area contributed by atoms with Gasteiger partial charge in [-0.3, -0.25) is 0 Å². The lowest BCUT2D eigenvalue weighted by Crippen LogP contribution is -2.15. The van der Waals surface area contributed by atoms with Gasteiger partial charge in [0.25, 0.3) is 0 Å². The van der Waals surface area contributed by atoms with Gasteiger partial charge in [0.15, 0.2) is 0 Å². The molecule has 44 heavy (non-hydrogen) atoms. The SMILES string of the molecule is CC1(C)c2ccccc2-c2cc3cccc(N(c4ccccc4)c4ccccc4-c4ccccc4-c4ccccc4)c3cc21. The minimum Gasteiger partial charge on any atom is -0.309 e. The average molecular weight is 564 g/mol. The van der Waals surface area contributed by atoms with Crippen molar-refractivity contribution < 1.29 is 0 Å². The van der Waals surface area contributed by atoms with E-state index < -0.39 is 0 Å². The van der Waals surface area contributed by atoms with E-state index >= 15 is 0 Å². The molecule has 0 aromatic heterocycles. The van der Waals surface area contributed by atoms with E-state index in [2.05, 4.69) is 183 Å². The first-order chi connectivity index (χ1) is 21.6.